The van der Waals surface area contributed by atoms with Crippen LogP contribution >= 0.6 is 0 Å². The van der Waals surface area contributed by atoms with E-state index in [-0.39, 0.29) is 5.41 Å². The molecule has 2 aromatic rings. The van der Waals surface area contributed by atoms with Gasteiger partial charge in [0.25, 0.3) is 0 Å². The minimum Gasteiger partial charge on any atom is -0.358 e. The Balaban J connectivity index is 1.78. The highest BCUT2D eigenvalue weighted by atomic mass is 14.9. The monoisotopic (exact) mass is 590 g/mol. The minimum absolute atomic E-state index is 0.0867. The fraction of sp³-hybridized carbons (Fsp3) is 0.500. The van der Waals surface area contributed by atoms with Gasteiger partial charge in [-0.3, -0.25) is 0 Å². The average molecular weight is 591 g/mol. The first-order chi connectivity index (χ1) is 21.6. The van der Waals surface area contributed by atoms with Crippen LogP contribution in [-0.4, -0.2) is 21.4 Å². The number of nitrogens with zero attached hydrogens (tertiary/aromatic N) is 2. The summed E-state index contributed by atoms with van der Waals surface area (Å²) in [5.74, 6) is 0. The van der Waals surface area contributed by atoms with E-state index in [0.717, 1.165) is 92.6 Å². The molecule has 3 aliphatic rings. The number of aromatic amines is 2. The molecule has 5 heterocycles. The van der Waals surface area contributed by atoms with E-state index in [4.69, 9.17) is 9.98 Å². The Morgan fingerprint density at radius 3 is 1.50 bits per heavy atom. The highest BCUT2D eigenvalue weighted by Gasteiger charge is 2.36. The molecule has 4 nitrogen and oxygen atoms in total. The van der Waals surface area contributed by atoms with Crippen molar-refractivity contribution in [2.24, 2.45) is 9.98 Å². The summed E-state index contributed by atoms with van der Waals surface area (Å²) in [7, 11) is 0. The van der Waals surface area contributed by atoms with Crippen molar-refractivity contribution >= 4 is 22.6 Å². The quantitative estimate of drug-likeness (QED) is 0.220. The normalized spacial score (nSPS) is 20.4. The van der Waals surface area contributed by atoms with Crippen LogP contribution in [0.2, 0.25) is 0 Å². The Labute approximate surface area is 266 Å². The smallest absolute Gasteiger partial charge is 0.0728 e. The number of aromatic nitrogens is 2. The summed E-state index contributed by atoms with van der Waals surface area (Å²) in [4.78, 5) is 18.7. The Morgan fingerprint density at radius 2 is 1.07 bits per heavy atom. The fourth-order valence-electron chi connectivity index (χ4n) is 6.96. The van der Waals surface area contributed by atoms with E-state index in [1.165, 1.54) is 59.6 Å². The lowest BCUT2D eigenvalue weighted by Gasteiger charge is -2.33. The molecule has 0 saturated carbocycles. The van der Waals surface area contributed by atoms with Gasteiger partial charge in [-0.05, 0) is 93.5 Å². The maximum absolute atomic E-state index is 5.31. The van der Waals surface area contributed by atoms with E-state index < -0.39 is 0 Å². The lowest BCUT2D eigenvalue weighted by Crippen LogP contribution is -2.29. The molecule has 234 valence electrons. The third-order valence-corrected chi connectivity index (χ3v) is 9.62. The van der Waals surface area contributed by atoms with E-state index in [1.807, 2.05) is 0 Å². The van der Waals surface area contributed by atoms with E-state index in [0.29, 0.717) is 0 Å². The second-order valence-corrected chi connectivity index (χ2v) is 12.9. The van der Waals surface area contributed by atoms with Gasteiger partial charge in [-0.25, -0.2) is 9.98 Å². The van der Waals surface area contributed by atoms with Crippen molar-refractivity contribution < 1.29 is 0 Å². The summed E-state index contributed by atoms with van der Waals surface area (Å²) in [6.07, 6.45) is 27.0. The van der Waals surface area contributed by atoms with E-state index in [9.17, 15) is 0 Å². The van der Waals surface area contributed by atoms with Crippen molar-refractivity contribution in [2.45, 2.75) is 130 Å². The lowest BCUT2D eigenvalue weighted by molar-refractivity contribution is 0.389. The number of H-pyrrole nitrogens is 2. The molecule has 0 amide bonds. The predicted molar refractivity (Wildman–Crippen MR) is 190 cm³/mol. The van der Waals surface area contributed by atoms with E-state index in [1.54, 1.807) is 0 Å². The molecule has 4 heteroatoms. The van der Waals surface area contributed by atoms with Crippen LogP contribution in [0, 0.1) is 0 Å². The van der Waals surface area contributed by atoms with Crippen molar-refractivity contribution in [3.8, 4) is 0 Å². The molecule has 0 unspecified atom stereocenters. The van der Waals surface area contributed by atoms with Gasteiger partial charge >= 0.3 is 0 Å². The van der Waals surface area contributed by atoms with Crippen molar-refractivity contribution in [1.82, 2.24) is 9.97 Å². The van der Waals surface area contributed by atoms with Crippen LogP contribution in [0.4, 0.5) is 0 Å². The average Bonchev–Trinajstić information content (AvgIpc) is 3.87. The Morgan fingerprint density at radius 1 is 0.591 bits per heavy atom. The third kappa shape index (κ3) is 6.65. The number of unbranched alkanes of at least 4 members (excludes halogenated alkanes) is 5. The van der Waals surface area contributed by atoms with Crippen LogP contribution in [0.25, 0.3) is 11.1 Å². The SMILES string of the molecule is CCCC=C1C2=N/C(=C(/CCCC)c3ccc([nH]3)C(CCCC)(CCCC)c3ccc([nH]3)/C(CCCC)=C3/C=CC1=N3)C=C2. The second kappa shape index (κ2) is 15.1. The molecule has 3 aliphatic heterocycles. The molecule has 2 aromatic heterocycles. The Hall–Kier alpha value is -3.40. The zero-order valence-corrected chi connectivity index (χ0v) is 28.0. The van der Waals surface area contributed by atoms with Gasteiger partial charge in [-0.1, -0.05) is 85.6 Å². The molecule has 0 fully saturated rings. The number of hydrogen-bond acceptors (Lipinski definition) is 2. The molecule has 44 heavy (non-hydrogen) atoms. The van der Waals surface area contributed by atoms with Crippen LogP contribution in [-0.2, 0) is 5.41 Å². The van der Waals surface area contributed by atoms with Gasteiger partial charge in [0.2, 0.25) is 0 Å². The maximum Gasteiger partial charge on any atom is 0.0728 e. The van der Waals surface area contributed by atoms with Gasteiger partial charge in [0.05, 0.1) is 28.2 Å². The lowest BCUT2D eigenvalue weighted by atomic mass is 9.73. The molecule has 8 bridgehead atoms. The highest BCUT2D eigenvalue weighted by Crippen LogP contribution is 2.43. The molecule has 2 N–H and O–H groups in total. The maximum atomic E-state index is 5.31. The number of allylic oxidation sites excluding steroid dienone is 8. The van der Waals surface area contributed by atoms with Crippen LogP contribution in [0.15, 0.2) is 81.6 Å². The zero-order valence-electron chi connectivity index (χ0n) is 28.0. The van der Waals surface area contributed by atoms with Crippen molar-refractivity contribution in [3.63, 3.8) is 0 Å². The first-order valence-corrected chi connectivity index (χ1v) is 17.7. The summed E-state index contributed by atoms with van der Waals surface area (Å²) in [6, 6.07) is 9.43. The largest absolute Gasteiger partial charge is 0.358 e. The standard InChI is InChI=1S/C40H54N4/c1-6-11-16-29-32-19-21-34(41-32)30(17-12-7-2)36-23-25-38(43-36)40(27-14-9-4,28-15-10-5)39-26-24-37(44-39)31(18-13-8-3)35-22-20-33(29)42-35/h16,19-26,43-44H,6-15,17-18,27-28H2,1-5H3/b34-30-,35-31-. The summed E-state index contributed by atoms with van der Waals surface area (Å²) in [6.45, 7) is 11.4. The number of nitrogens with one attached hydrogen (secondary N) is 2. The number of aliphatic imine (C=N–C) groups is 2. The summed E-state index contributed by atoms with van der Waals surface area (Å²) in [5, 5.41) is 0. The number of rotatable bonds is 14. The summed E-state index contributed by atoms with van der Waals surface area (Å²) >= 11 is 0. The van der Waals surface area contributed by atoms with Crippen molar-refractivity contribution in [2.75, 3.05) is 0 Å². The van der Waals surface area contributed by atoms with E-state index >= 15 is 0 Å². The third-order valence-electron chi connectivity index (χ3n) is 9.62. The molecule has 0 aromatic carbocycles. The van der Waals surface area contributed by atoms with Gasteiger partial charge < -0.3 is 9.97 Å². The molecular formula is C40H54N4. The molecule has 0 aliphatic carbocycles. The Bertz CT molecular complexity index is 1400. The van der Waals surface area contributed by atoms with Crippen LogP contribution in [0.1, 0.15) is 147 Å². The van der Waals surface area contributed by atoms with Crippen molar-refractivity contribution in [1.29, 1.82) is 0 Å². The van der Waals surface area contributed by atoms with Gasteiger partial charge in [0.1, 0.15) is 0 Å². The van der Waals surface area contributed by atoms with Gasteiger partial charge in [0, 0.05) is 39.5 Å². The molecule has 0 saturated heterocycles. The van der Waals surface area contributed by atoms with Gasteiger partial charge in [0.15, 0.2) is 0 Å². The molecular weight excluding hydrogens is 536 g/mol. The zero-order chi connectivity index (χ0) is 30.9. The topological polar surface area (TPSA) is 56.3 Å². The first kappa shape index (κ1) is 32.0. The molecule has 0 spiro atoms. The van der Waals surface area contributed by atoms with Crippen LogP contribution in [0.5, 0.6) is 0 Å². The summed E-state index contributed by atoms with van der Waals surface area (Å²) < 4.78 is 0. The highest BCUT2D eigenvalue weighted by molar-refractivity contribution is 6.33. The van der Waals surface area contributed by atoms with Crippen molar-refractivity contribution in [3.05, 3.63) is 94.4 Å². The predicted octanol–water partition coefficient (Wildman–Crippen LogP) is 11.6. The molecule has 5 rings (SSSR count). The van der Waals surface area contributed by atoms with E-state index in [2.05, 4.69) is 99.2 Å². The Kier molecular flexibility index (Phi) is 11.0. The molecule has 0 atom stereocenters. The van der Waals surface area contributed by atoms with Gasteiger partial charge in [-0.15, -0.1) is 0 Å². The van der Waals surface area contributed by atoms with Gasteiger partial charge in [-0.2, -0.15) is 0 Å². The number of hydrogen-bond donors (Lipinski definition) is 2. The summed E-state index contributed by atoms with van der Waals surface area (Å²) in [5.41, 5.74) is 13.1. The first-order valence-electron chi connectivity index (χ1n) is 17.7. The van der Waals surface area contributed by atoms with Crippen LogP contribution < -0.4 is 0 Å². The second-order valence-electron chi connectivity index (χ2n) is 12.9. The number of fused-ring (bicyclic) bond motifs is 6. The fourth-order valence-corrected chi connectivity index (χ4v) is 6.96. The van der Waals surface area contributed by atoms with Crippen LogP contribution in [0.3, 0.4) is 0 Å². The minimum atomic E-state index is -0.0867. The molecule has 0 radical (unpaired) electrons.